The number of likely N-dealkylation sites (tertiary alicyclic amines) is 1. The first-order valence-corrected chi connectivity index (χ1v) is 10.5. The highest BCUT2D eigenvalue weighted by atomic mass is 16.5. The van der Waals surface area contributed by atoms with Gasteiger partial charge in [-0.1, -0.05) is 29.8 Å². The highest BCUT2D eigenvalue weighted by molar-refractivity contribution is 5.81. The molecule has 3 aliphatic rings. The van der Waals surface area contributed by atoms with Gasteiger partial charge >= 0.3 is 6.09 Å². The Balaban J connectivity index is 1.24. The minimum atomic E-state index is -0.415. The van der Waals surface area contributed by atoms with E-state index in [0.717, 1.165) is 25.9 Å². The van der Waals surface area contributed by atoms with Gasteiger partial charge in [-0.25, -0.2) is 4.79 Å². The molecule has 1 heterocycles. The first-order chi connectivity index (χ1) is 13.3. The second-order valence-corrected chi connectivity index (χ2v) is 9.63. The summed E-state index contributed by atoms with van der Waals surface area (Å²) in [4.78, 5) is 26.3. The molecule has 0 bridgehead atoms. The molecule has 1 aliphatic heterocycles. The fourth-order valence-electron chi connectivity index (χ4n) is 5.62. The molecule has 2 saturated carbocycles. The largest absolute Gasteiger partial charge is 0.453 e. The maximum absolute atomic E-state index is 12.8. The van der Waals surface area contributed by atoms with E-state index in [1.165, 1.54) is 31.1 Å². The number of benzene rings is 1. The van der Waals surface area contributed by atoms with Crippen molar-refractivity contribution in [1.82, 2.24) is 10.2 Å². The predicted molar refractivity (Wildman–Crippen MR) is 108 cm³/mol. The number of aryl methyl sites for hydroxylation is 1. The lowest BCUT2D eigenvalue weighted by atomic mass is 9.56. The minimum absolute atomic E-state index is 0.0395. The van der Waals surface area contributed by atoms with Gasteiger partial charge in [-0.3, -0.25) is 4.79 Å². The van der Waals surface area contributed by atoms with Gasteiger partial charge < -0.3 is 15.0 Å². The van der Waals surface area contributed by atoms with E-state index < -0.39 is 6.09 Å². The van der Waals surface area contributed by atoms with Gasteiger partial charge in [0.25, 0.3) is 0 Å². The van der Waals surface area contributed by atoms with Crippen LogP contribution in [-0.2, 0) is 9.53 Å². The zero-order valence-corrected chi connectivity index (χ0v) is 17.3. The number of carbonyl (C=O) groups excluding carboxylic acids is 2. The number of ether oxygens (including phenoxy) is 1. The average Bonchev–Trinajstić information content (AvgIpc) is 2.63. The lowest BCUT2D eigenvalue weighted by Crippen LogP contribution is -2.59. The third-order valence-electron chi connectivity index (χ3n) is 7.34. The summed E-state index contributed by atoms with van der Waals surface area (Å²) in [7, 11) is 1.37. The average molecular weight is 385 g/mol. The monoisotopic (exact) mass is 384 g/mol. The molecule has 1 aromatic rings. The Morgan fingerprint density at radius 1 is 1.14 bits per heavy atom. The number of piperidine rings is 1. The SMILES string of the molecule is COC(=O)N[C@]1(C)C[C@H](C(=O)N2CCC3(CC2)CC(c2cccc(C)c2)C3)C1. The summed E-state index contributed by atoms with van der Waals surface area (Å²) < 4.78 is 4.68. The van der Waals surface area contributed by atoms with Crippen molar-refractivity contribution in [3.05, 3.63) is 35.4 Å². The van der Waals surface area contributed by atoms with Crippen LogP contribution in [0.5, 0.6) is 0 Å². The van der Waals surface area contributed by atoms with Crippen molar-refractivity contribution >= 4 is 12.0 Å². The topological polar surface area (TPSA) is 58.6 Å². The third kappa shape index (κ3) is 3.63. The van der Waals surface area contributed by atoms with Gasteiger partial charge in [-0.05, 0) is 69.3 Å². The van der Waals surface area contributed by atoms with Crippen LogP contribution >= 0.6 is 0 Å². The summed E-state index contributed by atoms with van der Waals surface area (Å²) in [5.74, 6) is 1.00. The van der Waals surface area contributed by atoms with Crippen molar-refractivity contribution in [2.75, 3.05) is 20.2 Å². The van der Waals surface area contributed by atoms with Gasteiger partial charge in [0.2, 0.25) is 5.91 Å². The van der Waals surface area contributed by atoms with Gasteiger partial charge in [-0.2, -0.15) is 0 Å². The fraction of sp³-hybridized carbons (Fsp3) is 0.652. The number of hydrogen-bond acceptors (Lipinski definition) is 3. The molecule has 1 spiro atoms. The molecule has 2 aliphatic carbocycles. The lowest BCUT2D eigenvalue weighted by Gasteiger charge is -2.53. The number of amides is 2. The molecule has 1 aromatic carbocycles. The summed E-state index contributed by atoms with van der Waals surface area (Å²) in [6, 6.07) is 8.91. The number of rotatable bonds is 3. The third-order valence-corrected chi connectivity index (χ3v) is 7.34. The summed E-state index contributed by atoms with van der Waals surface area (Å²) in [6.45, 7) is 5.92. The maximum Gasteiger partial charge on any atom is 0.407 e. The van der Waals surface area contributed by atoms with Gasteiger partial charge in [-0.15, -0.1) is 0 Å². The number of nitrogens with one attached hydrogen (secondary N) is 1. The highest BCUT2D eigenvalue weighted by Gasteiger charge is 2.50. The Morgan fingerprint density at radius 3 is 2.43 bits per heavy atom. The fourth-order valence-corrected chi connectivity index (χ4v) is 5.62. The van der Waals surface area contributed by atoms with Crippen LogP contribution in [0.25, 0.3) is 0 Å². The zero-order valence-electron chi connectivity index (χ0n) is 17.3. The maximum atomic E-state index is 12.8. The molecule has 0 aromatic heterocycles. The Kier molecular flexibility index (Phi) is 4.88. The van der Waals surface area contributed by atoms with Crippen LogP contribution in [-0.4, -0.2) is 42.6 Å². The van der Waals surface area contributed by atoms with Gasteiger partial charge in [0.15, 0.2) is 0 Å². The molecular weight excluding hydrogens is 352 g/mol. The van der Waals surface area contributed by atoms with Crippen LogP contribution in [0.1, 0.15) is 62.5 Å². The van der Waals surface area contributed by atoms with Crippen molar-refractivity contribution < 1.29 is 14.3 Å². The number of carbonyl (C=O) groups is 2. The zero-order chi connectivity index (χ0) is 19.9. The van der Waals surface area contributed by atoms with E-state index in [9.17, 15) is 9.59 Å². The van der Waals surface area contributed by atoms with Crippen LogP contribution in [0, 0.1) is 18.3 Å². The van der Waals surface area contributed by atoms with Gasteiger partial charge in [0.05, 0.1) is 7.11 Å². The molecule has 0 atom stereocenters. The molecule has 2 amide bonds. The summed E-state index contributed by atoms with van der Waals surface area (Å²) in [6.07, 6.45) is 5.79. The van der Waals surface area contributed by atoms with Crippen molar-refractivity contribution in [2.45, 2.75) is 63.8 Å². The Morgan fingerprint density at radius 2 is 1.82 bits per heavy atom. The molecule has 5 nitrogen and oxygen atoms in total. The van der Waals surface area contributed by atoms with Crippen molar-refractivity contribution in [3.63, 3.8) is 0 Å². The Hall–Kier alpha value is -2.04. The number of nitrogens with zero attached hydrogens (tertiary/aromatic N) is 1. The smallest absolute Gasteiger partial charge is 0.407 e. The van der Waals surface area contributed by atoms with E-state index in [4.69, 9.17) is 0 Å². The van der Waals surface area contributed by atoms with Gasteiger partial charge in [0, 0.05) is 24.5 Å². The van der Waals surface area contributed by atoms with Crippen molar-refractivity contribution in [2.24, 2.45) is 11.3 Å². The van der Waals surface area contributed by atoms with E-state index in [1.807, 2.05) is 6.92 Å². The molecule has 1 N–H and O–H groups in total. The molecule has 4 rings (SSSR count). The van der Waals surface area contributed by atoms with Crippen LogP contribution in [0.15, 0.2) is 24.3 Å². The van der Waals surface area contributed by atoms with Crippen molar-refractivity contribution in [1.29, 1.82) is 0 Å². The molecule has 5 heteroatoms. The first-order valence-electron chi connectivity index (χ1n) is 10.5. The highest BCUT2D eigenvalue weighted by Crippen LogP contribution is 2.57. The molecule has 0 radical (unpaired) electrons. The summed E-state index contributed by atoms with van der Waals surface area (Å²) in [5.41, 5.74) is 2.97. The molecule has 3 fully saturated rings. The van der Waals surface area contributed by atoms with Crippen molar-refractivity contribution in [3.8, 4) is 0 Å². The van der Waals surface area contributed by atoms with Crippen LogP contribution in [0.2, 0.25) is 0 Å². The van der Waals surface area contributed by atoms with Crippen LogP contribution < -0.4 is 5.32 Å². The minimum Gasteiger partial charge on any atom is -0.453 e. The number of hydrogen-bond donors (Lipinski definition) is 1. The lowest BCUT2D eigenvalue weighted by molar-refractivity contribution is -0.144. The molecule has 152 valence electrons. The Bertz CT molecular complexity index is 753. The van der Waals surface area contributed by atoms with E-state index in [2.05, 4.69) is 46.1 Å². The summed E-state index contributed by atoms with van der Waals surface area (Å²) in [5, 5.41) is 2.85. The normalized spacial score (nSPS) is 29.0. The molecule has 0 unspecified atom stereocenters. The summed E-state index contributed by atoms with van der Waals surface area (Å²) >= 11 is 0. The quantitative estimate of drug-likeness (QED) is 0.857. The van der Waals surface area contributed by atoms with Gasteiger partial charge in [0.1, 0.15) is 0 Å². The second-order valence-electron chi connectivity index (χ2n) is 9.63. The number of alkyl carbamates (subject to hydrolysis) is 1. The predicted octanol–water partition coefficient (Wildman–Crippen LogP) is 4.01. The van der Waals surface area contributed by atoms with E-state index in [1.54, 1.807) is 0 Å². The number of methoxy groups -OCH3 is 1. The Labute approximate surface area is 167 Å². The standard InChI is InChI=1S/C23H32N2O3/c1-16-5-4-6-17(11-16)18-14-23(15-18)7-9-25(10-8-23)20(26)19-12-22(2,13-19)24-21(27)28-3/h4-6,11,18-19H,7-10,12-15H2,1-3H3,(H,24,27)/t19-,22+. The molecule has 28 heavy (non-hydrogen) atoms. The second kappa shape index (κ2) is 7.09. The molecular formula is C23H32N2O3. The van der Waals surface area contributed by atoms with Crippen LogP contribution in [0.3, 0.4) is 0 Å². The van der Waals surface area contributed by atoms with Crippen LogP contribution in [0.4, 0.5) is 4.79 Å². The van der Waals surface area contributed by atoms with E-state index >= 15 is 0 Å². The van der Waals surface area contributed by atoms with E-state index in [0.29, 0.717) is 24.2 Å². The molecule has 1 saturated heterocycles. The first kappa shape index (κ1) is 19.3. The van der Waals surface area contributed by atoms with E-state index in [-0.39, 0.29) is 17.4 Å².